The molecule has 1 aliphatic rings. The third-order valence-corrected chi connectivity index (χ3v) is 4.33. The summed E-state index contributed by atoms with van der Waals surface area (Å²) >= 11 is 0. The average Bonchev–Trinajstić information content (AvgIpc) is 2.54. The topological polar surface area (TPSA) is 53.0 Å². The summed E-state index contributed by atoms with van der Waals surface area (Å²) in [5, 5.41) is 10.2. The van der Waals surface area contributed by atoms with Gasteiger partial charge in [-0.3, -0.25) is 9.69 Å². The first kappa shape index (κ1) is 17.8. The lowest BCUT2D eigenvalue weighted by atomic mass is 10.1. The first-order chi connectivity index (χ1) is 11.0. The van der Waals surface area contributed by atoms with E-state index in [0.29, 0.717) is 19.6 Å². The zero-order valence-electron chi connectivity index (χ0n) is 14.4. The molecule has 0 bridgehead atoms. The number of piperazine rings is 1. The number of carbonyl (C=O) groups excluding carboxylic acids is 1. The first-order valence-electron chi connectivity index (χ1n) is 8.38. The zero-order valence-corrected chi connectivity index (χ0v) is 14.4. The minimum absolute atomic E-state index is 0.212. The van der Waals surface area contributed by atoms with Gasteiger partial charge in [0.25, 0.3) is 0 Å². The summed E-state index contributed by atoms with van der Waals surface area (Å²) in [6.07, 6.45) is 0.0362. The van der Waals surface area contributed by atoms with Gasteiger partial charge >= 0.3 is 0 Å². The number of rotatable bonds is 6. The number of aliphatic hydroxyl groups excluding tert-OH is 1. The van der Waals surface area contributed by atoms with Crippen LogP contribution in [-0.4, -0.2) is 66.2 Å². The van der Waals surface area contributed by atoms with Gasteiger partial charge in [-0.2, -0.15) is 0 Å². The van der Waals surface area contributed by atoms with Crippen LogP contribution in [0.3, 0.4) is 0 Å². The first-order valence-corrected chi connectivity index (χ1v) is 8.38. The van der Waals surface area contributed by atoms with Gasteiger partial charge in [0.2, 0.25) is 5.91 Å². The van der Waals surface area contributed by atoms with Crippen LogP contribution in [0.4, 0.5) is 0 Å². The summed E-state index contributed by atoms with van der Waals surface area (Å²) in [6, 6.07) is 6.03. The lowest BCUT2D eigenvalue weighted by molar-refractivity contribution is -0.132. The van der Waals surface area contributed by atoms with Gasteiger partial charge in [-0.15, -0.1) is 0 Å². The molecule has 0 radical (unpaired) electrons. The highest BCUT2D eigenvalue weighted by atomic mass is 16.5. The van der Waals surface area contributed by atoms with Crippen molar-refractivity contribution in [2.45, 2.75) is 33.3 Å². The number of aliphatic hydroxyl groups is 1. The van der Waals surface area contributed by atoms with Gasteiger partial charge in [-0.1, -0.05) is 25.1 Å². The lowest BCUT2D eigenvalue weighted by Gasteiger charge is -2.35. The van der Waals surface area contributed by atoms with Crippen LogP contribution >= 0.6 is 0 Å². The largest absolute Gasteiger partial charge is 0.490 e. The molecule has 1 saturated heterocycles. The minimum atomic E-state index is -0.526. The number of amides is 1. The molecule has 1 N–H and O–H groups in total. The molecule has 1 unspecified atom stereocenters. The highest BCUT2D eigenvalue weighted by Crippen LogP contribution is 2.22. The van der Waals surface area contributed by atoms with Crippen LogP contribution in [0.25, 0.3) is 0 Å². The molecule has 128 valence electrons. The van der Waals surface area contributed by atoms with E-state index in [0.717, 1.165) is 43.1 Å². The van der Waals surface area contributed by atoms with Crippen LogP contribution in [0.5, 0.6) is 5.75 Å². The Balaban J connectivity index is 1.76. The van der Waals surface area contributed by atoms with Gasteiger partial charge in [0.05, 0.1) is 0 Å². The number of aryl methyl sites for hydroxylation is 2. The predicted octanol–water partition coefficient (Wildman–Crippen LogP) is 1.60. The van der Waals surface area contributed by atoms with Gasteiger partial charge in [0.1, 0.15) is 18.5 Å². The van der Waals surface area contributed by atoms with Crippen molar-refractivity contribution in [2.75, 3.05) is 39.3 Å². The number of β-amino-alcohol motifs (C(OH)–C–C–N with tert-alkyl or cyclic N) is 1. The maximum absolute atomic E-state index is 11.7. The van der Waals surface area contributed by atoms with Gasteiger partial charge in [-0.05, 0) is 25.0 Å². The molecule has 1 aliphatic heterocycles. The van der Waals surface area contributed by atoms with Crippen LogP contribution in [0.15, 0.2) is 18.2 Å². The van der Waals surface area contributed by atoms with Crippen molar-refractivity contribution in [3.63, 3.8) is 0 Å². The molecule has 0 aromatic heterocycles. The monoisotopic (exact) mass is 320 g/mol. The summed E-state index contributed by atoms with van der Waals surface area (Å²) in [4.78, 5) is 15.7. The Hall–Kier alpha value is -1.59. The molecule has 2 rings (SSSR count). The van der Waals surface area contributed by atoms with Crippen molar-refractivity contribution in [2.24, 2.45) is 0 Å². The van der Waals surface area contributed by atoms with Crippen LogP contribution in [0.1, 0.15) is 24.5 Å². The number of nitrogens with zero attached hydrogens (tertiary/aromatic N) is 2. The quantitative estimate of drug-likeness (QED) is 0.865. The molecule has 1 aromatic rings. The van der Waals surface area contributed by atoms with Crippen molar-refractivity contribution in [3.05, 3.63) is 29.3 Å². The second-order valence-corrected chi connectivity index (χ2v) is 6.22. The number of para-hydroxylation sites is 1. The van der Waals surface area contributed by atoms with E-state index in [4.69, 9.17) is 4.74 Å². The highest BCUT2D eigenvalue weighted by molar-refractivity contribution is 5.75. The molecule has 5 heteroatoms. The highest BCUT2D eigenvalue weighted by Gasteiger charge is 2.21. The maximum Gasteiger partial charge on any atom is 0.222 e. The Morgan fingerprint density at radius 3 is 2.39 bits per heavy atom. The van der Waals surface area contributed by atoms with Gasteiger partial charge in [0.15, 0.2) is 0 Å². The van der Waals surface area contributed by atoms with Crippen LogP contribution in [0.2, 0.25) is 0 Å². The van der Waals surface area contributed by atoms with Gasteiger partial charge in [-0.25, -0.2) is 0 Å². The number of carbonyl (C=O) groups is 1. The summed E-state index contributed by atoms with van der Waals surface area (Å²) in [6.45, 7) is 9.91. The lowest BCUT2D eigenvalue weighted by Crippen LogP contribution is -2.50. The van der Waals surface area contributed by atoms with E-state index in [2.05, 4.69) is 4.90 Å². The van der Waals surface area contributed by atoms with E-state index >= 15 is 0 Å². The Morgan fingerprint density at radius 2 is 1.83 bits per heavy atom. The van der Waals surface area contributed by atoms with E-state index in [1.807, 2.05) is 43.9 Å². The summed E-state index contributed by atoms with van der Waals surface area (Å²) < 4.78 is 5.81. The standard InChI is InChI=1S/C18H28N2O3/c1-4-17(22)20-10-8-19(9-11-20)12-16(21)13-23-18-14(2)6-5-7-15(18)3/h5-7,16,21H,4,8-13H2,1-3H3. The summed E-state index contributed by atoms with van der Waals surface area (Å²) in [5.74, 6) is 1.08. The maximum atomic E-state index is 11.7. The molecule has 1 fully saturated rings. The molecule has 0 aliphatic carbocycles. The third-order valence-electron chi connectivity index (χ3n) is 4.33. The van der Waals surface area contributed by atoms with E-state index in [9.17, 15) is 9.90 Å². The Labute approximate surface area is 138 Å². The number of benzene rings is 1. The molecule has 0 spiro atoms. The number of ether oxygens (including phenoxy) is 1. The van der Waals surface area contributed by atoms with Crippen molar-refractivity contribution in [1.82, 2.24) is 9.80 Å². The minimum Gasteiger partial charge on any atom is -0.490 e. The van der Waals surface area contributed by atoms with Gasteiger partial charge in [0, 0.05) is 39.1 Å². The number of hydrogen-bond donors (Lipinski definition) is 1. The molecular formula is C18H28N2O3. The molecular weight excluding hydrogens is 292 g/mol. The Kier molecular flexibility index (Phi) is 6.42. The van der Waals surface area contributed by atoms with E-state index in [-0.39, 0.29) is 5.91 Å². The van der Waals surface area contributed by atoms with Crippen molar-refractivity contribution >= 4 is 5.91 Å². The normalized spacial score (nSPS) is 17.1. The average molecular weight is 320 g/mol. The van der Waals surface area contributed by atoms with Gasteiger partial charge < -0.3 is 14.7 Å². The summed E-state index contributed by atoms with van der Waals surface area (Å²) in [7, 11) is 0. The third kappa shape index (κ3) is 4.94. The molecule has 1 amide bonds. The predicted molar refractivity (Wildman–Crippen MR) is 90.7 cm³/mol. The van der Waals surface area contributed by atoms with Crippen molar-refractivity contribution < 1.29 is 14.6 Å². The molecule has 0 saturated carbocycles. The summed E-state index contributed by atoms with van der Waals surface area (Å²) in [5.41, 5.74) is 2.17. The molecule has 1 heterocycles. The second-order valence-electron chi connectivity index (χ2n) is 6.22. The van der Waals surface area contributed by atoms with E-state index in [1.165, 1.54) is 0 Å². The molecule has 1 atom stereocenters. The smallest absolute Gasteiger partial charge is 0.222 e. The fourth-order valence-electron chi connectivity index (χ4n) is 2.96. The molecule has 23 heavy (non-hydrogen) atoms. The van der Waals surface area contributed by atoms with Crippen LogP contribution in [0, 0.1) is 13.8 Å². The van der Waals surface area contributed by atoms with Crippen LogP contribution < -0.4 is 4.74 Å². The van der Waals surface area contributed by atoms with E-state index in [1.54, 1.807) is 0 Å². The number of hydrogen-bond acceptors (Lipinski definition) is 4. The Morgan fingerprint density at radius 1 is 1.22 bits per heavy atom. The van der Waals surface area contributed by atoms with Crippen LogP contribution in [-0.2, 0) is 4.79 Å². The van der Waals surface area contributed by atoms with Crippen molar-refractivity contribution in [3.8, 4) is 5.75 Å². The fourth-order valence-corrected chi connectivity index (χ4v) is 2.96. The van der Waals surface area contributed by atoms with Crippen molar-refractivity contribution in [1.29, 1.82) is 0 Å². The Bertz CT molecular complexity index is 505. The van der Waals surface area contributed by atoms with E-state index < -0.39 is 6.10 Å². The molecule has 1 aromatic carbocycles. The fraction of sp³-hybridized carbons (Fsp3) is 0.611. The SMILES string of the molecule is CCC(=O)N1CCN(CC(O)COc2c(C)cccc2C)CC1. The second kappa shape index (κ2) is 8.31. The zero-order chi connectivity index (χ0) is 16.8. The molecule has 5 nitrogen and oxygen atoms in total.